The van der Waals surface area contributed by atoms with Gasteiger partial charge in [-0.25, -0.2) is 4.98 Å². The molecule has 7 heteroatoms. The summed E-state index contributed by atoms with van der Waals surface area (Å²) in [5.41, 5.74) is -0.0967. The molecule has 0 saturated carbocycles. The minimum atomic E-state index is -4.36. The van der Waals surface area contributed by atoms with E-state index < -0.39 is 11.7 Å². The van der Waals surface area contributed by atoms with Gasteiger partial charge in [0, 0.05) is 37.2 Å². The summed E-state index contributed by atoms with van der Waals surface area (Å²) >= 11 is 0. The van der Waals surface area contributed by atoms with Crippen LogP contribution in [-0.2, 0) is 17.4 Å². The summed E-state index contributed by atoms with van der Waals surface area (Å²) in [7, 11) is 0. The maximum Gasteiger partial charge on any atom is 0.416 e. The van der Waals surface area contributed by atoms with Crippen LogP contribution in [-0.4, -0.2) is 34.0 Å². The molecular weight excluding hydrogens is 369 g/mol. The van der Waals surface area contributed by atoms with Gasteiger partial charge in [-0.15, -0.1) is 0 Å². The van der Waals surface area contributed by atoms with Crippen LogP contribution in [0.5, 0.6) is 5.88 Å². The summed E-state index contributed by atoms with van der Waals surface area (Å²) in [4.78, 5) is 18.9. The van der Waals surface area contributed by atoms with Crippen LogP contribution in [0.15, 0.2) is 48.7 Å². The van der Waals surface area contributed by atoms with Gasteiger partial charge in [-0.3, -0.25) is 4.79 Å². The number of fused-ring (bicyclic) bond motifs is 2. The number of aromatic nitrogens is 1. The van der Waals surface area contributed by atoms with Crippen LogP contribution in [0.1, 0.15) is 36.8 Å². The van der Waals surface area contributed by atoms with Crippen molar-refractivity contribution >= 4 is 5.91 Å². The average molecular weight is 390 g/mol. The second-order valence-electron chi connectivity index (χ2n) is 7.44. The van der Waals surface area contributed by atoms with Gasteiger partial charge in [-0.2, -0.15) is 13.2 Å². The molecule has 4 nitrogen and oxygen atoms in total. The van der Waals surface area contributed by atoms with Crippen LogP contribution in [0.3, 0.4) is 0 Å². The van der Waals surface area contributed by atoms with Crippen molar-refractivity contribution in [3.05, 3.63) is 59.8 Å². The monoisotopic (exact) mass is 390 g/mol. The molecule has 4 rings (SSSR count). The lowest BCUT2D eigenvalue weighted by Gasteiger charge is -2.38. The Labute approximate surface area is 161 Å². The maximum absolute atomic E-state index is 12.8. The predicted molar refractivity (Wildman–Crippen MR) is 96.7 cm³/mol. The van der Waals surface area contributed by atoms with Gasteiger partial charge in [0.25, 0.3) is 0 Å². The molecule has 2 unspecified atom stereocenters. The van der Waals surface area contributed by atoms with Gasteiger partial charge in [0.15, 0.2) is 0 Å². The van der Waals surface area contributed by atoms with Gasteiger partial charge < -0.3 is 9.64 Å². The molecule has 0 radical (unpaired) electrons. The number of ether oxygens (including phenoxy) is 1. The highest BCUT2D eigenvalue weighted by molar-refractivity contribution is 5.80. The Kier molecular flexibility index (Phi) is 5.00. The zero-order chi connectivity index (χ0) is 19.7. The van der Waals surface area contributed by atoms with Crippen molar-refractivity contribution in [3.63, 3.8) is 0 Å². The van der Waals surface area contributed by atoms with E-state index in [0.717, 1.165) is 37.8 Å². The molecule has 148 valence electrons. The smallest absolute Gasteiger partial charge is 0.416 e. The van der Waals surface area contributed by atoms with Gasteiger partial charge >= 0.3 is 6.18 Å². The molecule has 1 amide bonds. The van der Waals surface area contributed by atoms with E-state index in [1.165, 1.54) is 12.1 Å². The summed E-state index contributed by atoms with van der Waals surface area (Å²) in [6.07, 6.45) is 0.859. The van der Waals surface area contributed by atoms with Gasteiger partial charge in [-0.05, 0) is 36.6 Å². The molecule has 2 aromatic rings. The fourth-order valence-electron chi connectivity index (χ4n) is 4.30. The van der Waals surface area contributed by atoms with Crippen molar-refractivity contribution < 1.29 is 22.7 Å². The third-order valence-electron chi connectivity index (χ3n) is 5.54. The van der Waals surface area contributed by atoms with Crippen LogP contribution < -0.4 is 4.74 Å². The molecule has 0 N–H and O–H groups in total. The molecule has 2 saturated heterocycles. The van der Waals surface area contributed by atoms with E-state index >= 15 is 0 Å². The SMILES string of the molecule is O=C(Cc1ccc(C(F)(F)F)cc1)N1C2CCC1CC(Oc1ccccn1)C2. The van der Waals surface area contributed by atoms with Crippen molar-refractivity contribution in [3.8, 4) is 5.88 Å². The van der Waals surface area contributed by atoms with Crippen LogP contribution in [0, 0.1) is 0 Å². The molecule has 1 aromatic carbocycles. The highest BCUT2D eigenvalue weighted by atomic mass is 19.4. The lowest BCUT2D eigenvalue weighted by atomic mass is 9.98. The first-order valence-corrected chi connectivity index (χ1v) is 9.45. The Morgan fingerprint density at radius 1 is 1.07 bits per heavy atom. The normalized spacial score (nSPS) is 24.2. The number of carbonyl (C=O) groups is 1. The number of pyridine rings is 1. The number of benzene rings is 1. The standard InChI is InChI=1S/C21H21F3N2O2/c22-21(23,24)15-6-4-14(5-7-15)11-20(27)26-16-8-9-17(26)13-18(12-16)28-19-3-1-2-10-25-19/h1-7,10,16-18H,8-9,11-13H2. The first-order valence-electron chi connectivity index (χ1n) is 9.45. The summed E-state index contributed by atoms with van der Waals surface area (Å²) in [5.74, 6) is 0.569. The first kappa shape index (κ1) is 18.8. The predicted octanol–water partition coefficient (Wildman–Crippen LogP) is 4.24. The molecule has 1 aromatic heterocycles. The highest BCUT2D eigenvalue weighted by Gasteiger charge is 2.43. The van der Waals surface area contributed by atoms with E-state index in [-0.39, 0.29) is 30.5 Å². The summed E-state index contributed by atoms with van der Waals surface area (Å²) in [6.45, 7) is 0. The lowest BCUT2D eigenvalue weighted by Crippen LogP contribution is -2.49. The molecule has 28 heavy (non-hydrogen) atoms. The van der Waals surface area contributed by atoms with E-state index in [2.05, 4.69) is 4.98 Å². The largest absolute Gasteiger partial charge is 0.474 e. The van der Waals surface area contributed by atoms with E-state index in [9.17, 15) is 18.0 Å². The van der Waals surface area contributed by atoms with Crippen molar-refractivity contribution in [1.29, 1.82) is 0 Å². The minimum absolute atomic E-state index is 0.0245. The van der Waals surface area contributed by atoms with Gasteiger partial charge in [-0.1, -0.05) is 18.2 Å². The number of hydrogen-bond acceptors (Lipinski definition) is 3. The zero-order valence-electron chi connectivity index (χ0n) is 15.2. The number of alkyl halides is 3. The van der Waals surface area contributed by atoms with Crippen LogP contribution in [0.4, 0.5) is 13.2 Å². The van der Waals surface area contributed by atoms with Crippen molar-refractivity contribution in [1.82, 2.24) is 9.88 Å². The highest BCUT2D eigenvalue weighted by Crippen LogP contribution is 2.37. The van der Waals surface area contributed by atoms with Crippen molar-refractivity contribution in [2.45, 2.75) is 56.5 Å². The Bertz CT molecular complexity index is 810. The van der Waals surface area contributed by atoms with Crippen molar-refractivity contribution in [2.24, 2.45) is 0 Å². The Morgan fingerprint density at radius 3 is 2.32 bits per heavy atom. The number of halogens is 3. The molecule has 2 bridgehead atoms. The number of amides is 1. The fraction of sp³-hybridized carbons (Fsp3) is 0.429. The van der Waals surface area contributed by atoms with Gasteiger partial charge in [0.2, 0.25) is 11.8 Å². The van der Waals surface area contributed by atoms with Crippen LogP contribution in [0.25, 0.3) is 0 Å². The molecule has 2 fully saturated rings. The van der Waals surface area contributed by atoms with Crippen LogP contribution >= 0.6 is 0 Å². The third kappa shape index (κ3) is 3.98. The number of hydrogen-bond donors (Lipinski definition) is 0. The Morgan fingerprint density at radius 2 is 1.75 bits per heavy atom. The van der Waals surface area contributed by atoms with E-state index in [1.807, 2.05) is 23.1 Å². The van der Waals surface area contributed by atoms with Crippen molar-refractivity contribution in [2.75, 3.05) is 0 Å². The Hall–Kier alpha value is -2.57. The van der Waals surface area contributed by atoms with Gasteiger partial charge in [0.1, 0.15) is 6.10 Å². The first-order chi connectivity index (χ1) is 13.4. The molecule has 3 heterocycles. The molecule has 2 atom stereocenters. The van der Waals surface area contributed by atoms with E-state index in [0.29, 0.717) is 11.4 Å². The number of rotatable bonds is 4. The second kappa shape index (κ2) is 7.45. The average Bonchev–Trinajstić information content (AvgIpc) is 2.93. The topological polar surface area (TPSA) is 42.4 Å². The molecule has 0 aliphatic carbocycles. The molecule has 2 aliphatic rings. The molecular formula is C21H21F3N2O2. The van der Waals surface area contributed by atoms with Crippen LogP contribution in [0.2, 0.25) is 0 Å². The number of carbonyl (C=O) groups excluding carboxylic acids is 1. The molecule has 0 spiro atoms. The minimum Gasteiger partial charge on any atom is -0.474 e. The third-order valence-corrected chi connectivity index (χ3v) is 5.54. The fourth-order valence-corrected chi connectivity index (χ4v) is 4.30. The van der Waals surface area contributed by atoms with Gasteiger partial charge in [0.05, 0.1) is 12.0 Å². The summed E-state index contributed by atoms with van der Waals surface area (Å²) < 4.78 is 44.0. The number of nitrogens with zero attached hydrogens (tertiary/aromatic N) is 2. The second-order valence-corrected chi connectivity index (χ2v) is 7.44. The lowest BCUT2D eigenvalue weighted by molar-refractivity contribution is -0.137. The Balaban J connectivity index is 1.38. The molecule has 2 aliphatic heterocycles. The zero-order valence-corrected chi connectivity index (χ0v) is 15.2. The quantitative estimate of drug-likeness (QED) is 0.784. The van der Waals surface area contributed by atoms with E-state index in [1.54, 1.807) is 6.20 Å². The summed E-state index contributed by atoms with van der Waals surface area (Å²) in [6, 6.07) is 10.6. The van der Waals surface area contributed by atoms with E-state index in [4.69, 9.17) is 4.74 Å². The maximum atomic E-state index is 12.8. The summed E-state index contributed by atoms with van der Waals surface area (Å²) in [5, 5.41) is 0. The number of piperidine rings is 1.